The summed E-state index contributed by atoms with van der Waals surface area (Å²) in [4.78, 5) is 0. The largest absolute Gasteiger partial charge is 0.385 e. The highest BCUT2D eigenvalue weighted by atomic mass is 14.9. The predicted octanol–water partition coefficient (Wildman–Crippen LogP) is 2.57. The number of nitrogens with two attached hydrogens (primary N) is 1. The molecule has 0 spiro atoms. The molecule has 0 saturated carbocycles. The maximum Gasteiger partial charge on any atom is 0.0375 e. The molecule has 14 heavy (non-hydrogen) atoms. The highest BCUT2D eigenvalue weighted by molar-refractivity contribution is 5.52. The van der Waals surface area contributed by atoms with Gasteiger partial charge in [-0.1, -0.05) is 32.0 Å². The van der Waals surface area contributed by atoms with E-state index in [4.69, 9.17) is 5.73 Å². The van der Waals surface area contributed by atoms with Crippen LogP contribution in [0.5, 0.6) is 0 Å². The van der Waals surface area contributed by atoms with E-state index in [1.807, 2.05) is 0 Å². The molecule has 1 atom stereocenters. The molecule has 0 aliphatic rings. The van der Waals surface area contributed by atoms with Crippen molar-refractivity contribution in [2.45, 2.75) is 26.2 Å². The number of anilines is 1. The van der Waals surface area contributed by atoms with Crippen molar-refractivity contribution < 1.29 is 0 Å². The van der Waals surface area contributed by atoms with Crippen LogP contribution < -0.4 is 11.1 Å². The van der Waals surface area contributed by atoms with Crippen LogP contribution in [0.1, 0.15) is 31.7 Å². The first kappa shape index (κ1) is 11.1. The number of hydrogen-bond acceptors (Lipinski definition) is 2. The van der Waals surface area contributed by atoms with Crippen molar-refractivity contribution in [2.75, 3.05) is 18.4 Å². The molecule has 0 fully saturated rings. The standard InChI is InChI=1S/C12H20N2/c1-3-8-14-12-7-5-4-6-11(12)10(2)9-13/h4-7,10,14H,3,8-9,13H2,1-2H3. The highest BCUT2D eigenvalue weighted by Crippen LogP contribution is 2.23. The molecule has 3 N–H and O–H groups in total. The van der Waals surface area contributed by atoms with E-state index in [1.54, 1.807) is 0 Å². The second-order valence-corrected chi connectivity index (χ2v) is 3.65. The van der Waals surface area contributed by atoms with E-state index in [9.17, 15) is 0 Å². The third-order valence-corrected chi connectivity index (χ3v) is 2.41. The lowest BCUT2D eigenvalue weighted by molar-refractivity contribution is 0.774. The number of rotatable bonds is 5. The van der Waals surface area contributed by atoms with Gasteiger partial charge in [-0.3, -0.25) is 0 Å². The van der Waals surface area contributed by atoms with E-state index in [-0.39, 0.29) is 0 Å². The van der Waals surface area contributed by atoms with Gasteiger partial charge in [-0.25, -0.2) is 0 Å². The fourth-order valence-electron chi connectivity index (χ4n) is 1.47. The Hall–Kier alpha value is -1.02. The molecule has 0 amide bonds. The molecule has 0 aliphatic heterocycles. The van der Waals surface area contributed by atoms with Crippen LogP contribution in [0.15, 0.2) is 24.3 Å². The summed E-state index contributed by atoms with van der Waals surface area (Å²) >= 11 is 0. The molecule has 0 aromatic heterocycles. The summed E-state index contributed by atoms with van der Waals surface area (Å²) in [5, 5.41) is 3.42. The minimum atomic E-state index is 0.426. The lowest BCUT2D eigenvalue weighted by Gasteiger charge is -2.15. The van der Waals surface area contributed by atoms with Gasteiger partial charge in [0.2, 0.25) is 0 Å². The molecule has 0 heterocycles. The highest BCUT2D eigenvalue weighted by Gasteiger charge is 2.07. The van der Waals surface area contributed by atoms with Crippen molar-refractivity contribution >= 4 is 5.69 Å². The average molecular weight is 192 g/mol. The summed E-state index contributed by atoms with van der Waals surface area (Å²) in [6.45, 7) is 6.05. The summed E-state index contributed by atoms with van der Waals surface area (Å²) in [6, 6.07) is 8.40. The number of para-hydroxylation sites is 1. The minimum Gasteiger partial charge on any atom is -0.385 e. The van der Waals surface area contributed by atoms with Crippen molar-refractivity contribution in [3.05, 3.63) is 29.8 Å². The zero-order valence-corrected chi connectivity index (χ0v) is 9.09. The number of nitrogens with one attached hydrogen (secondary N) is 1. The fourth-order valence-corrected chi connectivity index (χ4v) is 1.47. The van der Waals surface area contributed by atoms with E-state index >= 15 is 0 Å². The SMILES string of the molecule is CCCNc1ccccc1C(C)CN. The van der Waals surface area contributed by atoms with Gasteiger partial charge in [-0.2, -0.15) is 0 Å². The minimum absolute atomic E-state index is 0.426. The molecule has 2 heteroatoms. The molecule has 2 nitrogen and oxygen atoms in total. The number of hydrogen-bond donors (Lipinski definition) is 2. The Labute approximate surface area is 86.5 Å². The van der Waals surface area contributed by atoms with E-state index < -0.39 is 0 Å². The maximum atomic E-state index is 5.67. The van der Waals surface area contributed by atoms with Gasteiger partial charge in [0.1, 0.15) is 0 Å². The molecule has 78 valence electrons. The second-order valence-electron chi connectivity index (χ2n) is 3.65. The third-order valence-electron chi connectivity index (χ3n) is 2.41. The molecule has 0 radical (unpaired) electrons. The Morgan fingerprint density at radius 3 is 2.71 bits per heavy atom. The van der Waals surface area contributed by atoms with Crippen LogP contribution in [0, 0.1) is 0 Å². The Kier molecular flexibility index (Phi) is 4.47. The molecule has 1 aromatic rings. The monoisotopic (exact) mass is 192 g/mol. The molecular weight excluding hydrogens is 172 g/mol. The molecule has 0 saturated heterocycles. The summed E-state index contributed by atoms with van der Waals surface area (Å²) in [5.74, 6) is 0.426. The normalized spacial score (nSPS) is 12.5. The van der Waals surface area contributed by atoms with Gasteiger partial charge in [0, 0.05) is 12.2 Å². The topological polar surface area (TPSA) is 38.0 Å². The fraction of sp³-hybridized carbons (Fsp3) is 0.500. The van der Waals surface area contributed by atoms with Crippen LogP contribution in [0.3, 0.4) is 0 Å². The summed E-state index contributed by atoms with van der Waals surface area (Å²) in [5.41, 5.74) is 8.23. The molecule has 1 aromatic carbocycles. The first-order valence-corrected chi connectivity index (χ1v) is 5.32. The average Bonchev–Trinajstić information content (AvgIpc) is 2.25. The Morgan fingerprint density at radius 2 is 2.07 bits per heavy atom. The van der Waals surface area contributed by atoms with E-state index in [2.05, 4.69) is 43.4 Å². The number of benzene rings is 1. The first-order valence-electron chi connectivity index (χ1n) is 5.32. The summed E-state index contributed by atoms with van der Waals surface area (Å²) in [7, 11) is 0. The van der Waals surface area contributed by atoms with Gasteiger partial charge in [-0.05, 0) is 30.5 Å². The summed E-state index contributed by atoms with van der Waals surface area (Å²) in [6.07, 6.45) is 1.14. The Morgan fingerprint density at radius 1 is 1.36 bits per heavy atom. The van der Waals surface area contributed by atoms with Crippen LogP contribution in [0.25, 0.3) is 0 Å². The molecule has 1 rings (SSSR count). The Balaban J connectivity index is 2.79. The predicted molar refractivity (Wildman–Crippen MR) is 62.7 cm³/mol. The van der Waals surface area contributed by atoms with Crippen LogP contribution in [-0.2, 0) is 0 Å². The van der Waals surface area contributed by atoms with Crippen LogP contribution >= 0.6 is 0 Å². The van der Waals surface area contributed by atoms with E-state index in [0.29, 0.717) is 12.5 Å². The van der Waals surface area contributed by atoms with Gasteiger partial charge in [0.15, 0.2) is 0 Å². The van der Waals surface area contributed by atoms with Gasteiger partial charge in [0.25, 0.3) is 0 Å². The lowest BCUT2D eigenvalue weighted by Crippen LogP contribution is -2.12. The third kappa shape index (κ3) is 2.74. The van der Waals surface area contributed by atoms with Gasteiger partial charge in [-0.15, -0.1) is 0 Å². The first-order chi connectivity index (χ1) is 6.79. The van der Waals surface area contributed by atoms with Crippen molar-refractivity contribution in [1.82, 2.24) is 0 Å². The van der Waals surface area contributed by atoms with Gasteiger partial charge >= 0.3 is 0 Å². The molecule has 0 bridgehead atoms. The lowest BCUT2D eigenvalue weighted by atomic mass is 9.99. The zero-order valence-electron chi connectivity index (χ0n) is 9.09. The molecule has 0 aliphatic carbocycles. The molecular formula is C12H20N2. The smallest absolute Gasteiger partial charge is 0.0375 e. The molecule has 1 unspecified atom stereocenters. The maximum absolute atomic E-state index is 5.67. The van der Waals surface area contributed by atoms with E-state index in [1.165, 1.54) is 11.3 Å². The van der Waals surface area contributed by atoms with Gasteiger partial charge in [0.05, 0.1) is 0 Å². The van der Waals surface area contributed by atoms with Crippen molar-refractivity contribution in [3.8, 4) is 0 Å². The van der Waals surface area contributed by atoms with Crippen molar-refractivity contribution in [1.29, 1.82) is 0 Å². The Bertz CT molecular complexity index is 271. The quantitative estimate of drug-likeness (QED) is 0.752. The van der Waals surface area contributed by atoms with Gasteiger partial charge < -0.3 is 11.1 Å². The zero-order chi connectivity index (χ0) is 10.4. The van der Waals surface area contributed by atoms with Crippen LogP contribution in [0.2, 0.25) is 0 Å². The van der Waals surface area contributed by atoms with Crippen LogP contribution in [-0.4, -0.2) is 13.1 Å². The van der Waals surface area contributed by atoms with Crippen molar-refractivity contribution in [2.24, 2.45) is 5.73 Å². The van der Waals surface area contributed by atoms with E-state index in [0.717, 1.165) is 13.0 Å². The van der Waals surface area contributed by atoms with Crippen LogP contribution in [0.4, 0.5) is 5.69 Å². The second kappa shape index (κ2) is 5.66. The summed E-state index contributed by atoms with van der Waals surface area (Å²) < 4.78 is 0. The van der Waals surface area contributed by atoms with Crippen molar-refractivity contribution in [3.63, 3.8) is 0 Å².